The molecule has 0 radical (unpaired) electrons. The fourth-order valence-electron chi connectivity index (χ4n) is 1.19. The molecule has 0 spiro atoms. The van der Waals surface area contributed by atoms with E-state index in [2.05, 4.69) is 4.98 Å². The van der Waals surface area contributed by atoms with Crippen LogP contribution >= 0.6 is 23.7 Å². The fraction of sp³-hybridized carbons (Fsp3) is 0.100. The van der Waals surface area contributed by atoms with Gasteiger partial charge in [0.15, 0.2) is 0 Å². The van der Waals surface area contributed by atoms with E-state index in [4.69, 9.17) is 5.73 Å². The molecule has 0 saturated carbocycles. The second-order valence-electron chi connectivity index (χ2n) is 2.84. The first kappa shape index (κ1) is 12.1. The Morgan fingerprint density at radius 3 is 2.80 bits per heavy atom. The van der Waals surface area contributed by atoms with Gasteiger partial charge in [-0.2, -0.15) is 0 Å². The largest absolute Gasteiger partial charge is 0.325 e. The van der Waals surface area contributed by atoms with Crippen LogP contribution in [0.4, 0.5) is 4.39 Å². The van der Waals surface area contributed by atoms with Gasteiger partial charge in [-0.15, -0.1) is 23.7 Å². The summed E-state index contributed by atoms with van der Waals surface area (Å²) in [4.78, 5) is 4.27. The highest BCUT2D eigenvalue weighted by Crippen LogP contribution is 2.21. The Hall–Kier alpha value is -0.970. The number of hydrogen-bond acceptors (Lipinski definition) is 3. The smallest absolute Gasteiger partial charge is 0.123 e. The highest BCUT2D eigenvalue weighted by molar-refractivity contribution is 7.09. The maximum absolute atomic E-state index is 12.9. The van der Waals surface area contributed by atoms with Gasteiger partial charge >= 0.3 is 0 Å². The molecule has 2 nitrogen and oxygen atoms in total. The zero-order chi connectivity index (χ0) is 9.97. The quantitative estimate of drug-likeness (QED) is 0.882. The van der Waals surface area contributed by atoms with Crippen LogP contribution in [-0.4, -0.2) is 4.98 Å². The van der Waals surface area contributed by atoms with Gasteiger partial charge in [-0.1, -0.05) is 12.1 Å². The number of aromatic nitrogens is 1. The van der Waals surface area contributed by atoms with Crippen molar-refractivity contribution >= 4 is 23.7 Å². The Labute approximate surface area is 97.4 Å². The van der Waals surface area contributed by atoms with Crippen molar-refractivity contribution in [1.82, 2.24) is 4.98 Å². The Morgan fingerprint density at radius 1 is 1.40 bits per heavy atom. The molecule has 0 fully saturated rings. The third-order valence-electron chi connectivity index (χ3n) is 1.85. The Morgan fingerprint density at radius 2 is 2.20 bits per heavy atom. The molecule has 0 saturated heterocycles. The second kappa shape index (κ2) is 5.21. The van der Waals surface area contributed by atoms with Crippen LogP contribution in [0.2, 0.25) is 0 Å². The number of halogens is 2. The number of nitrogens with zero attached hydrogens (tertiary/aromatic N) is 1. The molecule has 0 aliphatic heterocycles. The van der Waals surface area contributed by atoms with Crippen molar-refractivity contribution in [3.8, 4) is 11.3 Å². The first-order chi connectivity index (χ1) is 6.79. The number of benzene rings is 1. The summed E-state index contributed by atoms with van der Waals surface area (Å²) in [5.41, 5.74) is 7.02. The Balaban J connectivity index is 0.00000112. The van der Waals surface area contributed by atoms with Crippen LogP contribution in [0.25, 0.3) is 11.3 Å². The van der Waals surface area contributed by atoms with E-state index in [1.165, 1.54) is 23.5 Å². The first-order valence-corrected chi connectivity index (χ1v) is 5.08. The average molecular weight is 245 g/mol. The summed E-state index contributed by atoms with van der Waals surface area (Å²) in [7, 11) is 0. The van der Waals surface area contributed by atoms with Crippen LogP contribution in [0.1, 0.15) is 5.01 Å². The van der Waals surface area contributed by atoms with Crippen molar-refractivity contribution in [2.24, 2.45) is 5.73 Å². The topological polar surface area (TPSA) is 38.9 Å². The van der Waals surface area contributed by atoms with E-state index in [0.717, 1.165) is 16.3 Å². The average Bonchev–Trinajstić information content (AvgIpc) is 2.66. The van der Waals surface area contributed by atoms with E-state index in [0.29, 0.717) is 6.54 Å². The lowest BCUT2D eigenvalue weighted by Gasteiger charge is -1.95. The van der Waals surface area contributed by atoms with Crippen molar-refractivity contribution in [3.63, 3.8) is 0 Å². The highest BCUT2D eigenvalue weighted by Gasteiger charge is 2.03. The first-order valence-electron chi connectivity index (χ1n) is 4.20. The van der Waals surface area contributed by atoms with Crippen molar-refractivity contribution in [2.45, 2.75) is 6.54 Å². The van der Waals surface area contributed by atoms with Gasteiger partial charge < -0.3 is 5.73 Å². The van der Waals surface area contributed by atoms with Crippen LogP contribution in [-0.2, 0) is 6.54 Å². The van der Waals surface area contributed by atoms with E-state index < -0.39 is 0 Å². The number of nitrogens with two attached hydrogens (primary N) is 1. The minimum absolute atomic E-state index is 0. The van der Waals surface area contributed by atoms with Crippen LogP contribution in [0.5, 0.6) is 0 Å². The van der Waals surface area contributed by atoms with Gasteiger partial charge in [0.1, 0.15) is 10.8 Å². The van der Waals surface area contributed by atoms with Crippen LogP contribution < -0.4 is 5.73 Å². The second-order valence-corrected chi connectivity index (χ2v) is 3.78. The number of thiazole rings is 1. The molecule has 15 heavy (non-hydrogen) atoms. The van der Waals surface area contributed by atoms with Crippen molar-refractivity contribution in [1.29, 1.82) is 0 Å². The minimum Gasteiger partial charge on any atom is -0.325 e. The van der Waals surface area contributed by atoms with E-state index >= 15 is 0 Å². The molecule has 0 aliphatic carbocycles. The third-order valence-corrected chi connectivity index (χ3v) is 2.72. The lowest BCUT2D eigenvalue weighted by atomic mass is 10.2. The van der Waals surface area contributed by atoms with Gasteiger partial charge in [-0.05, 0) is 12.1 Å². The maximum atomic E-state index is 12.9. The monoisotopic (exact) mass is 244 g/mol. The molecule has 5 heteroatoms. The molecule has 0 bridgehead atoms. The number of rotatable bonds is 2. The predicted molar refractivity (Wildman–Crippen MR) is 62.6 cm³/mol. The van der Waals surface area contributed by atoms with Gasteiger partial charge in [0.05, 0.1) is 5.69 Å². The van der Waals surface area contributed by atoms with Crippen molar-refractivity contribution in [2.75, 3.05) is 0 Å². The molecular weight excluding hydrogens is 235 g/mol. The molecule has 1 heterocycles. The third kappa shape index (κ3) is 2.75. The summed E-state index contributed by atoms with van der Waals surface area (Å²) in [5.74, 6) is -0.246. The molecule has 2 aromatic rings. The molecule has 1 aromatic carbocycles. The Bertz CT molecular complexity index is 444. The summed E-state index contributed by atoms with van der Waals surface area (Å²) < 4.78 is 12.9. The fourth-order valence-corrected chi connectivity index (χ4v) is 1.87. The molecule has 0 aliphatic rings. The lowest BCUT2D eigenvalue weighted by molar-refractivity contribution is 0.628. The predicted octanol–water partition coefficient (Wildman–Crippen LogP) is 2.83. The van der Waals surface area contributed by atoms with E-state index in [-0.39, 0.29) is 18.2 Å². The molecule has 80 valence electrons. The van der Waals surface area contributed by atoms with Gasteiger partial charge in [-0.25, -0.2) is 9.37 Å². The highest BCUT2D eigenvalue weighted by atomic mass is 35.5. The normalized spacial score (nSPS) is 9.73. The van der Waals surface area contributed by atoms with E-state index in [1.807, 2.05) is 11.4 Å². The molecule has 1 aromatic heterocycles. The van der Waals surface area contributed by atoms with Gasteiger partial charge in [-0.3, -0.25) is 0 Å². The van der Waals surface area contributed by atoms with Crippen molar-refractivity contribution in [3.05, 3.63) is 40.5 Å². The van der Waals surface area contributed by atoms with Gasteiger partial charge in [0.2, 0.25) is 0 Å². The summed E-state index contributed by atoms with van der Waals surface area (Å²) in [6.07, 6.45) is 0. The van der Waals surface area contributed by atoms with Crippen LogP contribution in [0.3, 0.4) is 0 Å². The molecule has 0 unspecified atom stereocenters. The van der Waals surface area contributed by atoms with E-state index in [9.17, 15) is 4.39 Å². The van der Waals surface area contributed by atoms with E-state index in [1.54, 1.807) is 6.07 Å². The molecule has 2 N–H and O–H groups in total. The maximum Gasteiger partial charge on any atom is 0.123 e. The lowest BCUT2D eigenvalue weighted by Crippen LogP contribution is -1.94. The molecule has 2 rings (SSSR count). The summed E-state index contributed by atoms with van der Waals surface area (Å²) in [5, 5.41) is 2.75. The minimum atomic E-state index is -0.246. The van der Waals surface area contributed by atoms with Crippen LogP contribution in [0.15, 0.2) is 29.6 Å². The van der Waals surface area contributed by atoms with Crippen LogP contribution in [0, 0.1) is 5.82 Å². The standard InChI is InChI=1S/C10H9FN2S.ClH/c11-8-3-1-2-7(4-8)9-6-14-10(5-12)13-9;/h1-4,6H,5,12H2;1H. The van der Waals surface area contributed by atoms with Gasteiger partial charge in [0, 0.05) is 17.5 Å². The molecule has 0 atom stereocenters. The summed E-state index contributed by atoms with van der Waals surface area (Å²) >= 11 is 1.49. The Kier molecular flexibility index (Phi) is 4.20. The molecular formula is C10H10ClFN2S. The summed E-state index contributed by atoms with van der Waals surface area (Å²) in [6, 6.07) is 6.39. The zero-order valence-corrected chi connectivity index (χ0v) is 9.45. The van der Waals surface area contributed by atoms with Gasteiger partial charge in [0.25, 0.3) is 0 Å². The SMILES string of the molecule is Cl.NCc1nc(-c2cccc(F)c2)cs1. The van der Waals surface area contributed by atoms with Crippen molar-refractivity contribution < 1.29 is 4.39 Å². The summed E-state index contributed by atoms with van der Waals surface area (Å²) in [6.45, 7) is 0.431. The molecule has 0 amide bonds. The number of hydrogen-bond donors (Lipinski definition) is 1. The zero-order valence-electron chi connectivity index (χ0n) is 7.81.